The topological polar surface area (TPSA) is 12.0 Å². The second-order valence-electron chi connectivity index (χ2n) is 4.53. The lowest BCUT2D eigenvalue weighted by Gasteiger charge is -2.33. The Labute approximate surface area is 111 Å². The lowest BCUT2D eigenvalue weighted by molar-refractivity contribution is 0.236. The fourth-order valence-electron chi connectivity index (χ4n) is 2.27. The van der Waals surface area contributed by atoms with Gasteiger partial charge in [-0.05, 0) is 49.9 Å². The summed E-state index contributed by atoms with van der Waals surface area (Å²) < 4.78 is 1.05. The summed E-state index contributed by atoms with van der Waals surface area (Å²) in [5.41, 5.74) is 1.25. The van der Waals surface area contributed by atoms with Gasteiger partial charge in [0.05, 0.1) is 0 Å². The van der Waals surface area contributed by atoms with Crippen LogP contribution in [0.25, 0.3) is 0 Å². The third kappa shape index (κ3) is 2.79. The van der Waals surface area contributed by atoms with E-state index < -0.39 is 0 Å². The maximum absolute atomic E-state index is 6.24. The van der Waals surface area contributed by atoms with Crippen LogP contribution < -0.4 is 5.32 Å². The summed E-state index contributed by atoms with van der Waals surface area (Å²) in [4.78, 5) is 0. The van der Waals surface area contributed by atoms with Crippen molar-refractivity contribution in [1.29, 1.82) is 0 Å². The van der Waals surface area contributed by atoms with Crippen molar-refractivity contribution in [2.75, 3.05) is 7.05 Å². The van der Waals surface area contributed by atoms with E-state index in [1.165, 1.54) is 24.8 Å². The van der Waals surface area contributed by atoms with E-state index >= 15 is 0 Å². The van der Waals surface area contributed by atoms with Gasteiger partial charge in [-0.15, -0.1) is 0 Å². The van der Waals surface area contributed by atoms with Gasteiger partial charge in [-0.25, -0.2) is 0 Å². The van der Waals surface area contributed by atoms with Crippen molar-refractivity contribution in [2.45, 2.75) is 31.7 Å². The minimum Gasteiger partial charge on any atom is -0.316 e. The van der Waals surface area contributed by atoms with Gasteiger partial charge in [0.15, 0.2) is 0 Å². The molecule has 1 nitrogen and oxygen atoms in total. The zero-order valence-corrected chi connectivity index (χ0v) is 11.8. The molecule has 0 radical (unpaired) electrons. The lowest BCUT2D eigenvalue weighted by atomic mass is 9.78. The molecule has 3 heteroatoms. The number of halogens is 2. The smallest absolute Gasteiger partial charge is 0.0449 e. The Kier molecular flexibility index (Phi) is 4.28. The molecule has 0 aromatic heterocycles. The van der Waals surface area contributed by atoms with E-state index in [4.69, 9.17) is 11.6 Å². The number of rotatable bonds is 4. The molecule has 2 rings (SSSR count). The van der Waals surface area contributed by atoms with E-state index in [2.05, 4.69) is 40.4 Å². The van der Waals surface area contributed by atoms with E-state index in [-0.39, 0.29) is 0 Å². The van der Waals surface area contributed by atoms with Crippen LogP contribution in [0, 0.1) is 5.92 Å². The normalized spacial score (nSPS) is 18.2. The first-order valence-corrected chi connectivity index (χ1v) is 6.99. The van der Waals surface area contributed by atoms with Crippen LogP contribution in [0.3, 0.4) is 0 Å². The molecule has 1 unspecified atom stereocenters. The van der Waals surface area contributed by atoms with Crippen molar-refractivity contribution in [2.24, 2.45) is 5.92 Å². The summed E-state index contributed by atoms with van der Waals surface area (Å²) in [7, 11) is 2.05. The molecule has 1 N–H and O–H groups in total. The lowest BCUT2D eigenvalue weighted by Crippen LogP contribution is -2.39. The standard InChI is InChI=1S/C13H17BrClN/c1-16-13(9-3-2-4-9)7-10-5-6-11(14)8-12(10)15/h5-6,8-9,13,16H,2-4,7H2,1H3. The van der Waals surface area contributed by atoms with Crippen LogP contribution in [0.2, 0.25) is 5.02 Å². The van der Waals surface area contributed by atoms with E-state index in [0.717, 1.165) is 21.8 Å². The molecule has 1 saturated carbocycles. The molecule has 1 atom stereocenters. The van der Waals surface area contributed by atoms with Crippen LogP contribution in [0.4, 0.5) is 0 Å². The highest BCUT2D eigenvalue weighted by Gasteiger charge is 2.26. The van der Waals surface area contributed by atoms with E-state index in [0.29, 0.717) is 6.04 Å². The van der Waals surface area contributed by atoms with E-state index in [9.17, 15) is 0 Å². The highest BCUT2D eigenvalue weighted by molar-refractivity contribution is 9.10. The predicted molar refractivity (Wildman–Crippen MR) is 73.0 cm³/mol. The van der Waals surface area contributed by atoms with Crippen LogP contribution in [0.5, 0.6) is 0 Å². The van der Waals surface area contributed by atoms with Crippen LogP contribution >= 0.6 is 27.5 Å². The van der Waals surface area contributed by atoms with Gasteiger partial charge in [-0.3, -0.25) is 0 Å². The summed E-state index contributed by atoms with van der Waals surface area (Å²) in [6.07, 6.45) is 5.14. The van der Waals surface area contributed by atoms with Crippen molar-refractivity contribution in [3.63, 3.8) is 0 Å². The van der Waals surface area contributed by atoms with Gasteiger partial charge in [-0.2, -0.15) is 0 Å². The minimum absolute atomic E-state index is 0.576. The molecule has 1 aliphatic carbocycles. The molecule has 0 spiro atoms. The SMILES string of the molecule is CNC(Cc1ccc(Br)cc1Cl)C1CCC1. The second kappa shape index (κ2) is 5.52. The van der Waals surface area contributed by atoms with Crippen molar-refractivity contribution < 1.29 is 0 Å². The van der Waals surface area contributed by atoms with Crippen molar-refractivity contribution in [3.8, 4) is 0 Å². The molecule has 1 aliphatic rings. The molecule has 1 fully saturated rings. The van der Waals surface area contributed by atoms with Gasteiger partial charge in [0.25, 0.3) is 0 Å². The molecule has 0 heterocycles. The van der Waals surface area contributed by atoms with Gasteiger partial charge in [0.2, 0.25) is 0 Å². The van der Waals surface area contributed by atoms with Gasteiger partial charge in [0.1, 0.15) is 0 Å². The summed E-state index contributed by atoms with van der Waals surface area (Å²) in [5.74, 6) is 0.838. The monoisotopic (exact) mass is 301 g/mol. The Morgan fingerprint density at radius 3 is 2.75 bits per heavy atom. The molecular formula is C13H17BrClN. The molecule has 0 bridgehead atoms. The number of likely N-dealkylation sites (N-methyl/N-ethyl adjacent to an activating group) is 1. The summed E-state index contributed by atoms with van der Waals surface area (Å²) in [5, 5.41) is 4.29. The number of nitrogens with one attached hydrogen (secondary N) is 1. The molecule has 0 amide bonds. The van der Waals surface area contributed by atoms with Crippen LogP contribution in [0.1, 0.15) is 24.8 Å². The first-order valence-electron chi connectivity index (χ1n) is 5.82. The Hall–Kier alpha value is -0.0500. The fourth-order valence-corrected chi connectivity index (χ4v) is 3.02. The van der Waals surface area contributed by atoms with Crippen LogP contribution in [-0.2, 0) is 6.42 Å². The molecular weight excluding hydrogens is 286 g/mol. The van der Waals surface area contributed by atoms with E-state index in [1.807, 2.05) is 6.07 Å². The Bertz CT molecular complexity index is 363. The largest absolute Gasteiger partial charge is 0.316 e. The van der Waals surface area contributed by atoms with Crippen molar-refractivity contribution in [3.05, 3.63) is 33.3 Å². The average molecular weight is 303 g/mol. The predicted octanol–water partition coefficient (Wildman–Crippen LogP) is 4.03. The zero-order chi connectivity index (χ0) is 11.5. The fraction of sp³-hybridized carbons (Fsp3) is 0.538. The minimum atomic E-state index is 0.576. The zero-order valence-electron chi connectivity index (χ0n) is 9.47. The highest BCUT2D eigenvalue weighted by Crippen LogP contribution is 2.32. The van der Waals surface area contributed by atoms with Crippen LogP contribution in [-0.4, -0.2) is 13.1 Å². The number of hydrogen-bond acceptors (Lipinski definition) is 1. The average Bonchev–Trinajstić information content (AvgIpc) is 2.18. The van der Waals surface area contributed by atoms with Crippen molar-refractivity contribution >= 4 is 27.5 Å². The molecule has 0 saturated heterocycles. The molecule has 0 aliphatic heterocycles. The van der Waals surface area contributed by atoms with Gasteiger partial charge >= 0.3 is 0 Å². The maximum atomic E-state index is 6.24. The summed E-state index contributed by atoms with van der Waals surface area (Å²) in [6, 6.07) is 6.74. The van der Waals surface area contributed by atoms with Crippen molar-refractivity contribution in [1.82, 2.24) is 5.32 Å². The molecule has 1 aromatic carbocycles. The quantitative estimate of drug-likeness (QED) is 0.885. The van der Waals surface area contributed by atoms with Gasteiger partial charge < -0.3 is 5.32 Å². The molecule has 88 valence electrons. The second-order valence-corrected chi connectivity index (χ2v) is 5.85. The van der Waals surface area contributed by atoms with E-state index in [1.54, 1.807) is 0 Å². The third-order valence-electron chi connectivity index (χ3n) is 3.54. The number of benzene rings is 1. The Balaban J connectivity index is 2.06. The van der Waals surface area contributed by atoms with Gasteiger partial charge in [-0.1, -0.05) is 40.0 Å². The molecule has 1 aromatic rings. The van der Waals surface area contributed by atoms with Gasteiger partial charge in [0, 0.05) is 15.5 Å². The Morgan fingerprint density at radius 2 is 2.25 bits per heavy atom. The van der Waals surface area contributed by atoms with Crippen LogP contribution in [0.15, 0.2) is 22.7 Å². The third-order valence-corrected chi connectivity index (χ3v) is 4.39. The number of hydrogen-bond donors (Lipinski definition) is 1. The first kappa shape index (κ1) is 12.4. The molecule has 16 heavy (non-hydrogen) atoms. The highest BCUT2D eigenvalue weighted by atomic mass is 79.9. The Morgan fingerprint density at radius 1 is 1.50 bits per heavy atom. The maximum Gasteiger partial charge on any atom is 0.0449 e. The summed E-state index contributed by atoms with van der Waals surface area (Å²) >= 11 is 9.67. The first-order chi connectivity index (χ1) is 7.70. The summed E-state index contributed by atoms with van der Waals surface area (Å²) in [6.45, 7) is 0.